The van der Waals surface area contributed by atoms with Crippen LogP contribution in [0.2, 0.25) is 0 Å². The summed E-state index contributed by atoms with van der Waals surface area (Å²) in [7, 11) is 1.93. The van der Waals surface area contributed by atoms with Gasteiger partial charge in [-0.2, -0.15) is 0 Å². The fourth-order valence-electron chi connectivity index (χ4n) is 6.95. The van der Waals surface area contributed by atoms with E-state index in [-0.39, 0.29) is 46.8 Å². The lowest BCUT2D eigenvalue weighted by Crippen LogP contribution is -2.54. The largest absolute Gasteiger partial charge is 0.508 e. The first-order chi connectivity index (χ1) is 14.2. The lowest BCUT2D eigenvalue weighted by atomic mass is 9.53. The van der Waals surface area contributed by atoms with Gasteiger partial charge in [-0.1, -0.05) is 32.4 Å². The average Bonchev–Trinajstić information content (AvgIpc) is 3.37. The van der Waals surface area contributed by atoms with E-state index in [9.17, 15) is 15.0 Å². The first-order valence-electron chi connectivity index (χ1n) is 11.3. The van der Waals surface area contributed by atoms with Crippen molar-refractivity contribution in [3.8, 4) is 5.75 Å². The van der Waals surface area contributed by atoms with E-state index in [1.54, 1.807) is 24.3 Å². The Balaban J connectivity index is 1.29. The van der Waals surface area contributed by atoms with Gasteiger partial charge in [-0.05, 0) is 49.9 Å². The van der Waals surface area contributed by atoms with Crippen molar-refractivity contribution in [1.29, 1.82) is 0 Å². The number of nitrogens with zero attached hydrogens (tertiary/aromatic N) is 1. The number of carbonyl (C=O) groups excluding carboxylic acids is 1. The molecule has 5 rings (SSSR count). The lowest BCUT2D eigenvalue weighted by Gasteiger charge is -2.49. The second-order valence-electron chi connectivity index (χ2n) is 10.4. The van der Waals surface area contributed by atoms with Crippen LogP contribution in [0.4, 0.5) is 0 Å². The molecule has 4 fully saturated rings. The van der Waals surface area contributed by atoms with Gasteiger partial charge < -0.3 is 24.6 Å². The standard InChI is InChI=1S/C24H33NO5/c1-14-5-4-10-23(2)11-19-20(21-24(14,23)30-21)17(22(28)29-19)12-25(3)13-18(27)15-6-8-16(26)9-7-15/h6-9,14,17-21,26-27H,4-5,10-13H2,1-3H3/t14-,17-,18+,19+,20+,21-,23+,24-/m0/s1. The summed E-state index contributed by atoms with van der Waals surface area (Å²) in [5, 5.41) is 20.0. The lowest BCUT2D eigenvalue weighted by molar-refractivity contribution is -0.146. The van der Waals surface area contributed by atoms with Crippen molar-refractivity contribution in [1.82, 2.24) is 4.90 Å². The Hall–Kier alpha value is -1.63. The Bertz CT molecular complexity index is 827. The molecule has 30 heavy (non-hydrogen) atoms. The second kappa shape index (κ2) is 6.94. The third-order valence-electron chi connectivity index (χ3n) is 8.46. The number of phenols is 1. The van der Waals surface area contributed by atoms with E-state index in [1.807, 2.05) is 11.9 Å². The number of aromatic hydroxyl groups is 1. The molecule has 6 heteroatoms. The second-order valence-corrected chi connectivity index (χ2v) is 10.4. The van der Waals surface area contributed by atoms with Crippen LogP contribution in [-0.4, -0.2) is 59.0 Å². The number of benzene rings is 1. The van der Waals surface area contributed by atoms with E-state index in [0.29, 0.717) is 19.0 Å². The monoisotopic (exact) mass is 415 g/mol. The van der Waals surface area contributed by atoms with Gasteiger partial charge in [0.1, 0.15) is 17.5 Å². The van der Waals surface area contributed by atoms with Gasteiger partial charge in [0.2, 0.25) is 0 Å². The summed E-state index contributed by atoms with van der Waals surface area (Å²) in [6, 6.07) is 6.60. The Kier molecular flexibility index (Phi) is 4.69. The molecule has 0 unspecified atom stereocenters. The Morgan fingerprint density at radius 3 is 2.77 bits per heavy atom. The molecule has 2 N–H and O–H groups in total. The van der Waals surface area contributed by atoms with Crippen LogP contribution in [0.1, 0.15) is 51.2 Å². The number of likely N-dealkylation sites (N-methyl/N-ethyl adjacent to an activating group) is 1. The maximum absolute atomic E-state index is 12.8. The number of epoxide rings is 1. The molecule has 2 heterocycles. The fourth-order valence-corrected chi connectivity index (χ4v) is 6.95. The summed E-state index contributed by atoms with van der Waals surface area (Å²) in [5.74, 6) is 0.484. The minimum absolute atomic E-state index is 0.0474. The van der Waals surface area contributed by atoms with Crippen LogP contribution in [0.5, 0.6) is 5.75 Å². The number of hydrogen-bond acceptors (Lipinski definition) is 6. The molecule has 1 spiro atoms. The molecule has 0 bridgehead atoms. The van der Waals surface area contributed by atoms with Crippen molar-refractivity contribution < 1.29 is 24.5 Å². The summed E-state index contributed by atoms with van der Waals surface area (Å²) in [6.07, 6.45) is 3.86. The predicted octanol–water partition coefficient (Wildman–Crippen LogP) is 2.88. The van der Waals surface area contributed by atoms with Crippen molar-refractivity contribution in [2.75, 3.05) is 20.1 Å². The summed E-state index contributed by atoms with van der Waals surface area (Å²) in [6.45, 7) is 5.61. The van der Waals surface area contributed by atoms with E-state index < -0.39 is 6.10 Å². The van der Waals surface area contributed by atoms with Gasteiger partial charge in [-0.3, -0.25) is 4.79 Å². The van der Waals surface area contributed by atoms with Crippen LogP contribution in [0.25, 0.3) is 0 Å². The number of hydrogen-bond donors (Lipinski definition) is 2. The SMILES string of the molecule is C[C@H]1CCC[C@]2(C)C[C@H]3OC(=O)[C@@H](CN(C)C[C@@H](O)c4ccc(O)cc4)[C@H]3[C@@H]3O[C@@]132. The van der Waals surface area contributed by atoms with Crippen LogP contribution in [0, 0.1) is 23.2 Å². The summed E-state index contributed by atoms with van der Waals surface area (Å²) in [5.41, 5.74) is 0.774. The minimum atomic E-state index is -0.680. The molecule has 1 aromatic rings. The average molecular weight is 416 g/mol. The summed E-state index contributed by atoms with van der Waals surface area (Å²) in [4.78, 5) is 14.8. The minimum Gasteiger partial charge on any atom is -0.508 e. The quantitative estimate of drug-likeness (QED) is 0.568. The van der Waals surface area contributed by atoms with Crippen molar-refractivity contribution in [3.63, 3.8) is 0 Å². The maximum atomic E-state index is 12.8. The van der Waals surface area contributed by atoms with Crippen molar-refractivity contribution >= 4 is 5.97 Å². The van der Waals surface area contributed by atoms with Crippen molar-refractivity contribution in [2.24, 2.45) is 23.2 Å². The molecule has 1 aromatic carbocycles. The number of fused-ring (bicyclic) bond motifs is 2. The van der Waals surface area contributed by atoms with Gasteiger partial charge in [0, 0.05) is 24.4 Å². The summed E-state index contributed by atoms with van der Waals surface area (Å²) >= 11 is 0. The van der Waals surface area contributed by atoms with E-state index in [1.165, 1.54) is 12.8 Å². The number of esters is 1. The third-order valence-corrected chi connectivity index (χ3v) is 8.46. The molecule has 6 nitrogen and oxygen atoms in total. The van der Waals surface area contributed by atoms with Gasteiger partial charge in [0.05, 0.1) is 18.1 Å². The number of aliphatic hydroxyl groups is 1. The Morgan fingerprint density at radius 2 is 2.03 bits per heavy atom. The molecule has 0 radical (unpaired) electrons. The molecule has 0 aromatic heterocycles. The van der Waals surface area contributed by atoms with Gasteiger partial charge in [0.15, 0.2) is 0 Å². The van der Waals surface area contributed by atoms with E-state index in [0.717, 1.165) is 18.4 Å². The molecule has 4 aliphatic rings. The first kappa shape index (κ1) is 20.3. The first-order valence-corrected chi connectivity index (χ1v) is 11.3. The number of aliphatic hydroxyl groups excluding tert-OH is 1. The van der Waals surface area contributed by atoms with Gasteiger partial charge in [0.25, 0.3) is 0 Å². The molecule has 2 aliphatic carbocycles. The maximum Gasteiger partial charge on any atom is 0.311 e. The van der Waals surface area contributed by atoms with Crippen LogP contribution < -0.4 is 0 Å². The highest BCUT2D eigenvalue weighted by atomic mass is 16.6. The van der Waals surface area contributed by atoms with Gasteiger partial charge in [-0.25, -0.2) is 0 Å². The fraction of sp³-hybridized carbons (Fsp3) is 0.708. The zero-order valence-electron chi connectivity index (χ0n) is 18.1. The number of phenolic OH excluding ortho intramolecular Hbond substituents is 1. The topological polar surface area (TPSA) is 82.5 Å². The highest BCUT2D eigenvalue weighted by Gasteiger charge is 2.78. The zero-order valence-corrected chi connectivity index (χ0v) is 18.1. The summed E-state index contributed by atoms with van der Waals surface area (Å²) < 4.78 is 12.4. The van der Waals surface area contributed by atoms with Gasteiger partial charge >= 0.3 is 5.97 Å². The van der Waals surface area contributed by atoms with Crippen LogP contribution in [0.15, 0.2) is 24.3 Å². The molecule has 164 valence electrons. The smallest absolute Gasteiger partial charge is 0.311 e. The predicted molar refractivity (Wildman–Crippen MR) is 111 cm³/mol. The highest BCUT2D eigenvalue weighted by Crippen LogP contribution is 2.70. The van der Waals surface area contributed by atoms with E-state index in [2.05, 4.69) is 13.8 Å². The number of ether oxygens (including phenoxy) is 2. The molecule has 2 saturated heterocycles. The van der Waals surface area contributed by atoms with E-state index >= 15 is 0 Å². The Morgan fingerprint density at radius 1 is 1.30 bits per heavy atom. The molecular weight excluding hydrogens is 382 g/mol. The molecule has 2 aliphatic heterocycles. The Labute approximate surface area is 178 Å². The van der Waals surface area contributed by atoms with Crippen LogP contribution in [0.3, 0.4) is 0 Å². The molecule has 0 amide bonds. The highest BCUT2D eigenvalue weighted by molar-refractivity contribution is 5.76. The van der Waals surface area contributed by atoms with Crippen molar-refractivity contribution in [3.05, 3.63) is 29.8 Å². The number of carbonyl (C=O) groups is 1. The van der Waals surface area contributed by atoms with Crippen molar-refractivity contribution in [2.45, 2.75) is 63.4 Å². The van der Waals surface area contributed by atoms with Crippen LogP contribution in [-0.2, 0) is 14.3 Å². The number of rotatable bonds is 5. The zero-order chi connectivity index (χ0) is 21.3. The molecule has 8 atom stereocenters. The third kappa shape index (κ3) is 2.91. The van der Waals surface area contributed by atoms with Gasteiger partial charge in [-0.15, -0.1) is 0 Å². The normalized spacial score (nSPS) is 42.8. The molecule has 2 saturated carbocycles. The van der Waals surface area contributed by atoms with Crippen LogP contribution >= 0.6 is 0 Å². The van der Waals surface area contributed by atoms with E-state index in [4.69, 9.17) is 9.47 Å². The molecular formula is C24H33NO5.